The van der Waals surface area contributed by atoms with E-state index in [1.807, 2.05) is 11.3 Å². The van der Waals surface area contributed by atoms with Crippen LogP contribution in [0.15, 0.2) is 0 Å². The number of nitrogens with zero attached hydrogens (tertiary/aromatic N) is 1. The molecule has 1 aromatic rings. The molecule has 0 amide bonds. The van der Waals surface area contributed by atoms with E-state index in [9.17, 15) is 0 Å². The van der Waals surface area contributed by atoms with Crippen LogP contribution in [-0.4, -0.2) is 11.5 Å². The Hall–Kier alpha value is -0.410. The normalized spacial score (nSPS) is 24.4. The van der Waals surface area contributed by atoms with Gasteiger partial charge in [-0.3, -0.25) is 0 Å². The molecule has 0 aliphatic heterocycles. The van der Waals surface area contributed by atoms with Crippen LogP contribution in [0.4, 0.5) is 0 Å². The molecule has 0 radical (unpaired) electrons. The highest BCUT2D eigenvalue weighted by atomic mass is 32.1. The molecule has 2 nitrogen and oxygen atoms in total. The van der Waals surface area contributed by atoms with Crippen LogP contribution in [0.5, 0.6) is 0 Å². The van der Waals surface area contributed by atoms with Gasteiger partial charge in [-0.25, -0.2) is 4.98 Å². The summed E-state index contributed by atoms with van der Waals surface area (Å²) in [5, 5.41) is 4.77. The minimum absolute atomic E-state index is 0.954. The van der Waals surface area contributed by atoms with E-state index in [-0.39, 0.29) is 0 Å². The first-order chi connectivity index (χ1) is 8.65. The highest BCUT2D eigenvalue weighted by molar-refractivity contribution is 7.11. The highest BCUT2D eigenvalue weighted by Crippen LogP contribution is 2.30. The number of hydrogen-bond donors (Lipinski definition) is 1. The van der Waals surface area contributed by atoms with Gasteiger partial charge in [0.1, 0.15) is 0 Å². The molecule has 2 rings (SSSR count). The van der Waals surface area contributed by atoms with Gasteiger partial charge in [0, 0.05) is 11.4 Å². The lowest BCUT2D eigenvalue weighted by Gasteiger charge is -2.26. The average Bonchev–Trinajstić information content (AvgIpc) is 2.64. The maximum atomic E-state index is 4.47. The zero-order valence-electron chi connectivity index (χ0n) is 12.0. The van der Waals surface area contributed by atoms with Crippen molar-refractivity contribution in [1.29, 1.82) is 0 Å². The van der Waals surface area contributed by atoms with Gasteiger partial charge in [-0.2, -0.15) is 0 Å². The average molecular weight is 266 g/mol. The first kappa shape index (κ1) is 14.0. The van der Waals surface area contributed by atoms with Crippen molar-refractivity contribution < 1.29 is 0 Å². The number of aryl methyl sites for hydroxylation is 2. The molecular weight excluding hydrogens is 240 g/mol. The predicted molar refractivity (Wildman–Crippen MR) is 79.0 cm³/mol. The van der Waals surface area contributed by atoms with Crippen LogP contribution in [0, 0.1) is 25.7 Å². The van der Waals surface area contributed by atoms with Gasteiger partial charge < -0.3 is 5.32 Å². The molecule has 18 heavy (non-hydrogen) atoms. The monoisotopic (exact) mass is 266 g/mol. The molecular formula is C15H26N2S. The third kappa shape index (κ3) is 4.06. The lowest BCUT2D eigenvalue weighted by molar-refractivity contribution is 0.267. The van der Waals surface area contributed by atoms with Crippen molar-refractivity contribution in [2.24, 2.45) is 11.8 Å². The maximum absolute atomic E-state index is 4.47. The fourth-order valence-electron chi connectivity index (χ4n) is 3.07. The van der Waals surface area contributed by atoms with Crippen LogP contribution < -0.4 is 5.32 Å². The summed E-state index contributed by atoms with van der Waals surface area (Å²) < 4.78 is 0. The van der Waals surface area contributed by atoms with E-state index in [1.54, 1.807) is 0 Å². The lowest BCUT2D eigenvalue weighted by Crippen LogP contribution is -2.21. The molecule has 0 spiro atoms. The Bertz CT molecular complexity index is 373. The number of hydrogen-bond acceptors (Lipinski definition) is 3. The zero-order valence-corrected chi connectivity index (χ0v) is 12.8. The standard InChI is InChI=1S/C15H26N2S/c1-11-5-4-6-14(9-11)7-8-16-10-15-12(2)17-13(3)18-15/h11,14,16H,4-10H2,1-3H3. The van der Waals surface area contributed by atoms with Gasteiger partial charge in [-0.1, -0.05) is 26.2 Å². The van der Waals surface area contributed by atoms with Gasteiger partial charge in [0.2, 0.25) is 0 Å². The largest absolute Gasteiger partial charge is 0.312 e. The Labute approximate surface area is 115 Å². The molecule has 1 aliphatic rings. The molecule has 1 saturated carbocycles. The molecule has 1 fully saturated rings. The minimum atomic E-state index is 0.954. The summed E-state index contributed by atoms with van der Waals surface area (Å²) >= 11 is 1.83. The number of aromatic nitrogens is 1. The summed E-state index contributed by atoms with van der Waals surface area (Å²) in [5.74, 6) is 1.92. The third-order valence-corrected chi connectivity index (χ3v) is 5.13. The van der Waals surface area contributed by atoms with Gasteiger partial charge in [0.25, 0.3) is 0 Å². The fraction of sp³-hybridized carbons (Fsp3) is 0.800. The van der Waals surface area contributed by atoms with Crippen molar-refractivity contribution in [1.82, 2.24) is 10.3 Å². The second kappa shape index (κ2) is 6.67. The fourth-order valence-corrected chi connectivity index (χ4v) is 3.97. The topological polar surface area (TPSA) is 24.9 Å². The van der Waals surface area contributed by atoms with Crippen molar-refractivity contribution in [2.75, 3.05) is 6.54 Å². The van der Waals surface area contributed by atoms with Crippen molar-refractivity contribution >= 4 is 11.3 Å². The second-order valence-electron chi connectivity index (χ2n) is 5.84. The Morgan fingerprint density at radius 2 is 2.17 bits per heavy atom. The number of nitrogens with one attached hydrogen (secondary N) is 1. The smallest absolute Gasteiger partial charge is 0.0900 e. The van der Waals surface area contributed by atoms with E-state index < -0.39 is 0 Å². The van der Waals surface area contributed by atoms with Crippen molar-refractivity contribution in [3.63, 3.8) is 0 Å². The van der Waals surface area contributed by atoms with Crippen LogP contribution in [0.1, 0.15) is 54.6 Å². The van der Waals surface area contributed by atoms with Crippen LogP contribution in [0.3, 0.4) is 0 Å². The highest BCUT2D eigenvalue weighted by Gasteiger charge is 2.18. The molecule has 1 N–H and O–H groups in total. The van der Waals surface area contributed by atoms with Crippen molar-refractivity contribution in [2.45, 2.75) is 59.4 Å². The zero-order chi connectivity index (χ0) is 13.0. The lowest BCUT2D eigenvalue weighted by atomic mass is 9.81. The summed E-state index contributed by atoms with van der Waals surface area (Å²) in [7, 11) is 0. The maximum Gasteiger partial charge on any atom is 0.0900 e. The van der Waals surface area contributed by atoms with Crippen molar-refractivity contribution in [3.05, 3.63) is 15.6 Å². The van der Waals surface area contributed by atoms with Gasteiger partial charge >= 0.3 is 0 Å². The molecule has 102 valence electrons. The van der Waals surface area contributed by atoms with E-state index in [0.29, 0.717) is 0 Å². The molecule has 1 aromatic heterocycles. The van der Waals surface area contributed by atoms with Crippen LogP contribution in [0.25, 0.3) is 0 Å². The molecule has 1 heterocycles. The van der Waals surface area contributed by atoms with Crippen molar-refractivity contribution in [3.8, 4) is 0 Å². The molecule has 2 atom stereocenters. The van der Waals surface area contributed by atoms with Gasteiger partial charge in [0.15, 0.2) is 0 Å². The Balaban J connectivity index is 1.65. The molecule has 0 aromatic carbocycles. The Morgan fingerprint density at radius 1 is 1.33 bits per heavy atom. The summed E-state index contributed by atoms with van der Waals surface area (Å²) in [5.41, 5.74) is 1.20. The van der Waals surface area contributed by atoms with E-state index in [0.717, 1.165) is 24.9 Å². The first-order valence-corrected chi connectivity index (χ1v) is 8.10. The van der Waals surface area contributed by atoms with Gasteiger partial charge in [-0.15, -0.1) is 11.3 Å². The quantitative estimate of drug-likeness (QED) is 0.813. The van der Waals surface area contributed by atoms with E-state index >= 15 is 0 Å². The second-order valence-corrected chi connectivity index (χ2v) is 7.13. The molecule has 3 heteroatoms. The van der Waals surface area contributed by atoms with Gasteiger partial charge in [-0.05, 0) is 45.1 Å². The minimum Gasteiger partial charge on any atom is -0.312 e. The van der Waals surface area contributed by atoms with Crippen LogP contribution >= 0.6 is 11.3 Å². The summed E-state index contributed by atoms with van der Waals surface area (Å²) in [4.78, 5) is 5.88. The van der Waals surface area contributed by atoms with E-state index in [2.05, 4.69) is 31.1 Å². The molecule has 1 aliphatic carbocycles. The SMILES string of the molecule is Cc1nc(C)c(CNCCC2CCCC(C)C2)s1. The van der Waals surface area contributed by atoms with Crippen LogP contribution in [-0.2, 0) is 6.54 Å². The Morgan fingerprint density at radius 3 is 2.83 bits per heavy atom. The number of thiazole rings is 1. The van der Waals surface area contributed by atoms with E-state index in [4.69, 9.17) is 0 Å². The van der Waals surface area contributed by atoms with Gasteiger partial charge in [0.05, 0.1) is 10.7 Å². The van der Waals surface area contributed by atoms with Crippen LogP contribution in [0.2, 0.25) is 0 Å². The molecule has 0 saturated heterocycles. The summed E-state index contributed by atoms with van der Waals surface area (Å²) in [6.45, 7) is 8.77. The van der Waals surface area contributed by atoms with E-state index in [1.165, 1.54) is 47.7 Å². The molecule has 2 unspecified atom stereocenters. The number of rotatable bonds is 5. The molecule has 0 bridgehead atoms. The predicted octanol–water partition coefficient (Wildman–Crippen LogP) is 4.07. The Kier molecular flexibility index (Phi) is 5.19. The first-order valence-electron chi connectivity index (χ1n) is 7.28. The third-order valence-electron chi connectivity index (χ3n) is 4.06. The summed E-state index contributed by atoms with van der Waals surface area (Å²) in [6, 6.07) is 0. The summed E-state index contributed by atoms with van der Waals surface area (Å²) in [6.07, 6.45) is 7.13.